The maximum Gasteiger partial charge on any atom is 0.340 e. The van der Waals surface area contributed by atoms with Crippen molar-refractivity contribution in [3.8, 4) is 0 Å². The van der Waals surface area contributed by atoms with Crippen LogP contribution in [0.1, 0.15) is 36.8 Å². The van der Waals surface area contributed by atoms with Crippen LogP contribution < -0.4 is 5.73 Å². The van der Waals surface area contributed by atoms with Gasteiger partial charge in [-0.15, -0.1) is 0 Å². The van der Waals surface area contributed by atoms with Crippen molar-refractivity contribution in [1.82, 2.24) is 4.98 Å². The van der Waals surface area contributed by atoms with Gasteiger partial charge in [-0.1, -0.05) is 11.6 Å². The highest BCUT2D eigenvalue weighted by molar-refractivity contribution is 6.32. The van der Waals surface area contributed by atoms with E-state index in [2.05, 4.69) is 4.98 Å². The van der Waals surface area contributed by atoms with Crippen LogP contribution in [0, 0.1) is 6.92 Å². The lowest BCUT2D eigenvalue weighted by Crippen LogP contribution is -2.24. The number of hydrogen-bond acceptors (Lipinski definition) is 4. The van der Waals surface area contributed by atoms with E-state index in [0.717, 1.165) is 0 Å². The Kier molecular flexibility index (Phi) is 3.43. The molecule has 5 heteroatoms. The molecule has 0 unspecified atom stereocenters. The minimum Gasteiger partial charge on any atom is -0.456 e. The average molecular weight is 243 g/mol. The molecule has 0 atom stereocenters. The first-order valence-corrected chi connectivity index (χ1v) is 5.24. The number of anilines is 1. The van der Waals surface area contributed by atoms with Gasteiger partial charge in [0, 0.05) is 5.69 Å². The first kappa shape index (κ1) is 12.8. The van der Waals surface area contributed by atoms with E-state index in [4.69, 9.17) is 22.1 Å². The van der Waals surface area contributed by atoms with Gasteiger partial charge in [0.1, 0.15) is 5.60 Å². The van der Waals surface area contributed by atoms with Crippen molar-refractivity contribution in [2.75, 3.05) is 5.73 Å². The van der Waals surface area contributed by atoms with Crippen molar-refractivity contribution >= 4 is 23.3 Å². The fraction of sp³-hybridized carbons (Fsp3) is 0.455. The standard InChI is InChI=1S/C11H15ClN2O2/c1-6-5-7(8(13)9(12)14-6)10(15)16-11(2,3)4/h5H,13H2,1-4H3. The Morgan fingerprint density at radius 3 is 2.56 bits per heavy atom. The largest absolute Gasteiger partial charge is 0.456 e. The van der Waals surface area contributed by atoms with Crippen molar-refractivity contribution in [3.05, 3.63) is 22.5 Å². The van der Waals surface area contributed by atoms with E-state index in [-0.39, 0.29) is 16.4 Å². The van der Waals surface area contributed by atoms with Crippen molar-refractivity contribution in [2.45, 2.75) is 33.3 Å². The van der Waals surface area contributed by atoms with E-state index >= 15 is 0 Å². The minimum atomic E-state index is -0.562. The van der Waals surface area contributed by atoms with Crippen LogP contribution in [0.25, 0.3) is 0 Å². The summed E-state index contributed by atoms with van der Waals surface area (Å²) in [4.78, 5) is 15.7. The van der Waals surface area contributed by atoms with Gasteiger partial charge >= 0.3 is 5.97 Å². The molecule has 0 aliphatic heterocycles. The van der Waals surface area contributed by atoms with Crippen LogP contribution in [-0.2, 0) is 4.74 Å². The molecule has 0 aromatic carbocycles. The molecule has 0 fully saturated rings. The zero-order valence-electron chi connectivity index (χ0n) is 9.80. The number of rotatable bonds is 1. The lowest BCUT2D eigenvalue weighted by Gasteiger charge is -2.20. The molecule has 16 heavy (non-hydrogen) atoms. The second kappa shape index (κ2) is 4.29. The monoisotopic (exact) mass is 242 g/mol. The quantitative estimate of drug-likeness (QED) is 0.607. The number of carbonyl (C=O) groups excluding carboxylic acids is 1. The lowest BCUT2D eigenvalue weighted by atomic mass is 10.1. The van der Waals surface area contributed by atoms with Gasteiger partial charge in [0.15, 0.2) is 5.15 Å². The number of halogens is 1. The molecule has 0 aliphatic rings. The summed E-state index contributed by atoms with van der Waals surface area (Å²) >= 11 is 5.79. The normalized spacial score (nSPS) is 11.3. The van der Waals surface area contributed by atoms with E-state index in [9.17, 15) is 4.79 Å². The van der Waals surface area contributed by atoms with Gasteiger partial charge in [0.2, 0.25) is 0 Å². The van der Waals surface area contributed by atoms with Crippen LogP contribution in [-0.4, -0.2) is 16.6 Å². The molecule has 0 saturated carbocycles. The van der Waals surface area contributed by atoms with E-state index in [1.54, 1.807) is 33.8 Å². The van der Waals surface area contributed by atoms with Crippen molar-refractivity contribution in [2.24, 2.45) is 0 Å². The molecule has 1 aromatic rings. The highest BCUT2D eigenvalue weighted by Crippen LogP contribution is 2.23. The molecule has 88 valence electrons. The molecule has 4 nitrogen and oxygen atoms in total. The Morgan fingerprint density at radius 1 is 1.50 bits per heavy atom. The first-order valence-electron chi connectivity index (χ1n) is 4.86. The first-order chi connectivity index (χ1) is 7.20. The molecule has 1 aromatic heterocycles. The Hall–Kier alpha value is -1.29. The predicted octanol–water partition coefficient (Wildman–Crippen LogP) is 2.58. The Labute approximate surface area is 99.8 Å². The number of aromatic nitrogens is 1. The minimum absolute atomic E-state index is 0.126. The maximum atomic E-state index is 11.8. The second-order valence-electron chi connectivity index (χ2n) is 4.52. The fourth-order valence-corrected chi connectivity index (χ4v) is 1.38. The molecule has 0 saturated heterocycles. The zero-order valence-corrected chi connectivity index (χ0v) is 10.6. The summed E-state index contributed by atoms with van der Waals surface area (Å²) in [6, 6.07) is 1.56. The van der Waals surface area contributed by atoms with Gasteiger partial charge in [-0.3, -0.25) is 0 Å². The SMILES string of the molecule is Cc1cc(C(=O)OC(C)(C)C)c(N)c(Cl)n1. The lowest BCUT2D eigenvalue weighted by molar-refractivity contribution is 0.00706. The number of nitrogens with zero attached hydrogens (tertiary/aromatic N) is 1. The number of ether oxygens (including phenoxy) is 1. The number of aryl methyl sites for hydroxylation is 1. The van der Waals surface area contributed by atoms with Gasteiger partial charge in [-0.2, -0.15) is 0 Å². The van der Waals surface area contributed by atoms with Gasteiger partial charge in [0.05, 0.1) is 11.3 Å². The second-order valence-corrected chi connectivity index (χ2v) is 4.88. The van der Waals surface area contributed by atoms with Crippen LogP contribution in [0.5, 0.6) is 0 Å². The highest BCUT2D eigenvalue weighted by atomic mass is 35.5. The third-order valence-electron chi connectivity index (χ3n) is 1.76. The van der Waals surface area contributed by atoms with Crippen LogP contribution in [0.3, 0.4) is 0 Å². The average Bonchev–Trinajstić information content (AvgIpc) is 2.08. The van der Waals surface area contributed by atoms with E-state index in [1.165, 1.54) is 0 Å². The molecule has 0 radical (unpaired) electrons. The number of nitrogens with two attached hydrogens (primary N) is 1. The smallest absolute Gasteiger partial charge is 0.340 e. The number of carbonyl (C=O) groups is 1. The summed E-state index contributed by atoms with van der Waals surface area (Å²) in [5, 5.41) is 0.126. The van der Waals surface area contributed by atoms with Crippen LogP contribution in [0.15, 0.2) is 6.07 Å². The number of esters is 1. The number of hydrogen-bond donors (Lipinski definition) is 1. The van der Waals surface area contributed by atoms with E-state index < -0.39 is 11.6 Å². The Bertz CT molecular complexity index is 425. The third-order valence-corrected chi connectivity index (χ3v) is 2.05. The maximum absolute atomic E-state index is 11.8. The van der Waals surface area contributed by atoms with Gasteiger partial charge in [-0.25, -0.2) is 9.78 Å². The van der Waals surface area contributed by atoms with Gasteiger partial charge in [0.25, 0.3) is 0 Å². The van der Waals surface area contributed by atoms with Crippen molar-refractivity contribution in [3.63, 3.8) is 0 Å². The Balaban J connectivity index is 3.09. The summed E-state index contributed by atoms with van der Waals surface area (Å²) in [5.74, 6) is -0.489. The summed E-state index contributed by atoms with van der Waals surface area (Å²) in [6.45, 7) is 7.10. The topological polar surface area (TPSA) is 65.2 Å². The highest BCUT2D eigenvalue weighted by Gasteiger charge is 2.21. The predicted molar refractivity (Wildman–Crippen MR) is 63.6 cm³/mol. The molecule has 1 rings (SSSR count). The summed E-state index contributed by atoms with van der Waals surface area (Å²) < 4.78 is 5.21. The third kappa shape index (κ3) is 3.10. The zero-order chi connectivity index (χ0) is 12.5. The molecular weight excluding hydrogens is 228 g/mol. The van der Waals surface area contributed by atoms with Gasteiger partial charge in [-0.05, 0) is 33.8 Å². The van der Waals surface area contributed by atoms with E-state index in [1.807, 2.05) is 0 Å². The van der Waals surface area contributed by atoms with Crippen LogP contribution in [0.2, 0.25) is 5.15 Å². The number of pyridine rings is 1. The van der Waals surface area contributed by atoms with Crippen LogP contribution >= 0.6 is 11.6 Å². The molecule has 0 bridgehead atoms. The molecular formula is C11H15ClN2O2. The fourth-order valence-electron chi connectivity index (χ4n) is 1.15. The van der Waals surface area contributed by atoms with Crippen LogP contribution in [0.4, 0.5) is 5.69 Å². The summed E-state index contributed by atoms with van der Waals surface area (Å²) in [6.07, 6.45) is 0. The summed E-state index contributed by atoms with van der Waals surface area (Å²) in [5.41, 5.74) is 6.15. The Morgan fingerprint density at radius 2 is 2.06 bits per heavy atom. The molecule has 0 aliphatic carbocycles. The molecule has 2 N–H and O–H groups in total. The van der Waals surface area contributed by atoms with Crippen molar-refractivity contribution in [1.29, 1.82) is 0 Å². The number of nitrogen functional groups attached to an aromatic ring is 1. The van der Waals surface area contributed by atoms with Crippen molar-refractivity contribution < 1.29 is 9.53 Å². The summed E-state index contributed by atoms with van der Waals surface area (Å²) in [7, 11) is 0. The molecule has 0 amide bonds. The molecule has 0 spiro atoms. The van der Waals surface area contributed by atoms with E-state index in [0.29, 0.717) is 5.69 Å². The molecule has 1 heterocycles. The van der Waals surface area contributed by atoms with Gasteiger partial charge < -0.3 is 10.5 Å².